The predicted molar refractivity (Wildman–Crippen MR) is 92.3 cm³/mol. The van der Waals surface area contributed by atoms with Crippen LogP contribution in [0.15, 0.2) is 23.8 Å². The number of hydrogen-bond acceptors (Lipinski definition) is 2. The molecule has 2 heteroatoms. The molecule has 0 aliphatic rings. The van der Waals surface area contributed by atoms with Gasteiger partial charge in [-0.05, 0) is 30.4 Å². The normalized spacial score (nSPS) is 12.3. The molecule has 0 atom stereocenters. The molecule has 0 aliphatic carbocycles. The second kappa shape index (κ2) is 11.5. The fourth-order valence-corrected chi connectivity index (χ4v) is 1.52. The summed E-state index contributed by atoms with van der Waals surface area (Å²) in [4.78, 5) is 22.3. The molecule has 122 valence electrons. The zero-order valence-corrected chi connectivity index (χ0v) is 15.4. The summed E-state index contributed by atoms with van der Waals surface area (Å²) in [5.41, 5.74) is 0.898. The lowest BCUT2D eigenvalue weighted by Crippen LogP contribution is -2.08. The molecule has 0 N–H and O–H groups in total. The van der Waals surface area contributed by atoms with E-state index < -0.39 is 0 Å². The summed E-state index contributed by atoms with van der Waals surface area (Å²) in [6, 6.07) is 0. The Labute approximate surface area is 131 Å². The first-order valence-electron chi connectivity index (χ1n) is 7.93. The second-order valence-corrected chi connectivity index (χ2v) is 6.77. The maximum Gasteiger partial charge on any atom is 0.160 e. The summed E-state index contributed by atoms with van der Waals surface area (Å²) in [5.74, 6) is 1.69. The lowest BCUT2D eigenvalue weighted by atomic mass is 9.99. The molecule has 0 aliphatic heterocycles. The van der Waals surface area contributed by atoms with E-state index in [1.165, 1.54) is 0 Å². The molecule has 0 aromatic carbocycles. The van der Waals surface area contributed by atoms with E-state index in [0.717, 1.165) is 5.57 Å². The van der Waals surface area contributed by atoms with Crippen molar-refractivity contribution < 1.29 is 9.59 Å². The molecule has 0 saturated heterocycles. The van der Waals surface area contributed by atoms with Crippen LogP contribution < -0.4 is 0 Å². The first-order chi connectivity index (χ1) is 9.48. The monoisotopic (exact) mass is 294 g/mol. The number of Topliss-reactive ketones (excluding diaryl/α,β-unsaturated/α-hetero) is 1. The number of rotatable bonds is 6. The maximum absolute atomic E-state index is 11.3. The first-order valence-corrected chi connectivity index (χ1v) is 7.93. The zero-order valence-electron chi connectivity index (χ0n) is 15.4. The van der Waals surface area contributed by atoms with Crippen molar-refractivity contribution in [2.24, 2.45) is 23.7 Å². The third-order valence-corrected chi connectivity index (χ3v) is 2.71. The highest BCUT2D eigenvalue weighted by Gasteiger charge is 2.08. The summed E-state index contributed by atoms with van der Waals surface area (Å²) < 4.78 is 0. The summed E-state index contributed by atoms with van der Waals surface area (Å²) in [6.07, 6.45) is 5.62. The van der Waals surface area contributed by atoms with E-state index in [1.807, 2.05) is 46.8 Å². The minimum absolute atomic E-state index is 0.130. The molecule has 0 saturated carbocycles. The van der Waals surface area contributed by atoms with Crippen molar-refractivity contribution in [3.05, 3.63) is 23.8 Å². The minimum atomic E-state index is 0.130. The molecule has 0 unspecified atom stereocenters. The van der Waals surface area contributed by atoms with Crippen LogP contribution in [0, 0.1) is 23.7 Å². The summed E-state index contributed by atoms with van der Waals surface area (Å²) in [6.45, 7) is 17.9. The maximum atomic E-state index is 11.3. The largest absolute Gasteiger partial charge is 0.295 e. The third-order valence-electron chi connectivity index (χ3n) is 2.71. The quantitative estimate of drug-likeness (QED) is 0.628. The molecule has 0 bridgehead atoms. The number of carbonyl (C=O) groups is 2. The van der Waals surface area contributed by atoms with E-state index >= 15 is 0 Å². The van der Waals surface area contributed by atoms with Crippen LogP contribution in [0.25, 0.3) is 0 Å². The Kier molecular flexibility index (Phi) is 12.1. The van der Waals surface area contributed by atoms with Gasteiger partial charge in [0.15, 0.2) is 11.6 Å². The van der Waals surface area contributed by atoms with Crippen molar-refractivity contribution >= 4 is 11.6 Å². The van der Waals surface area contributed by atoms with Gasteiger partial charge < -0.3 is 0 Å². The van der Waals surface area contributed by atoms with Crippen LogP contribution in [0.4, 0.5) is 0 Å². The van der Waals surface area contributed by atoms with Crippen LogP contribution in [-0.4, -0.2) is 11.6 Å². The van der Waals surface area contributed by atoms with Crippen LogP contribution in [-0.2, 0) is 9.59 Å². The Morgan fingerprint density at radius 2 is 1.24 bits per heavy atom. The Morgan fingerprint density at radius 3 is 1.52 bits per heavy atom. The molecule has 0 spiro atoms. The molecule has 0 aromatic heterocycles. The highest BCUT2D eigenvalue weighted by Crippen LogP contribution is 2.08. The van der Waals surface area contributed by atoms with Gasteiger partial charge in [-0.15, -0.1) is 0 Å². The van der Waals surface area contributed by atoms with E-state index in [0.29, 0.717) is 11.8 Å². The summed E-state index contributed by atoms with van der Waals surface area (Å²) >= 11 is 0. The lowest BCUT2D eigenvalue weighted by Gasteiger charge is -2.04. The van der Waals surface area contributed by atoms with Crippen LogP contribution in [0.1, 0.15) is 62.3 Å². The number of hydrogen-bond donors (Lipinski definition) is 0. The zero-order chi connectivity index (χ0) is 17.2. The standard InChI is InChI=1S/C10H18O.C9H16O/c1-7(2)6-9(5)10(11)8(3)4;1-7(2)5-6-9(10)8(3)4/h6-8H,1-5H3;5-8H,1-4H3/b9-6+;6-5+. The van der Waals surface area contributed by atoms with Crippen molar-refractivity contribution in [2.75, 3.05) is 0 Å². The van der Waals surface area contributed by atoms with Crippen molar-refractivity contribution in [2.45, 2.75) is 62.3 Å². The van der Waals surface area contributed by atoms with Gasteiger partial charge in [0.05, 0.1) is 0 Å². The molecule has 0 rings (SSSR count). The molecule has 0 radical (unpaired) electrons. The van der Waals surface area contributed by atoms with Gasteiger partial charge in [-0.2, -0.15) is 0 Å². The van der Waals surface area contributed by atoms with Crippen LogP contribution in [0.2, 0.25) is 0 Å². The number of carbonyl (C=O) groups excluding carboxylic acids is 2. The topological polar surface area (TPSA) is 34.1 Å². The van der Waals surface area contributed by atoms with Gasteiger partial charge in [-0.1, -0.05) is 67.5 Å². The van der Waals surface area contributed by atoms with Gasteiger partial charge in [0.25, 0.3) is 0 Å². The van der Waals surface area contributed by atoms with E-state index in [9.17, 15) is 9.59 Å². The highest BCUT2D eigenvalue weighted by atomic mass is 16.1. The third kappa shape index (κ3) is 13.6. The van der Waals surface area contributed by atoms with Crippen molar-refractivity contribution in [1.29, 1.82) is 0 Å². The summed E-state index contributed by atoms with van der Waals surface area (Å²) in [5, 5.41) is 0. The van der Waals surface area contributed by atoms with Gasteiger partial charge in [-0.25, -0.2) is 0 Å². The van der Waals surface area contributed by atoms with Crippen LogP contribution >= 0.6 is 0 Å². The van der Waals surface area contributed by atoms with Crippen LogP contribution in [0.3, 0.4) is 0 Å². The molecule has 0 heterocycles. The molecule has 0 amide bonds. The van der Waals surface area contributed by atoms with Gasteiger partial charge >= 0.3 is 0 Å². The average Bonchev–Trinajstić information content (AvgIpc) is 2.34. The van der Waals surface area contributed by atoms with E-state index in [2.05, 4.69) is 27.7 Å². The van der Waals surface area contributed by atoms with Crippen molar-refractivity contribution in [3.63, 3.8) is 0 Å². The summed E-state index contributed by atoms with van der Waals surface area (Å²) in [7, 11) is 0. The van der Waals surface area contributed by atoms with E-state index in [-0.39, 0.29) is 23.4 Å². The van der Waals surface area contributed by atoms with Gasteiger partial charge in [0.1, 0.15) is 0 Å². The molecular weight excluding hydrogens is 260 g/mol. The van der Waals surface area contributed by atoms with E-state index in [4.69, 9.17) is 0 Å². The molecule has 21 heavy (non-hydrogen) atoms. The molecule has 0 fully saturated rings. The second-order valence-electron chi connectivity index (χ2n) is 6.77. The Balaban J connectivity index is 0. The first kappa shape index (κ1) is 22.1. The SMILES string of the molecule is C/C(=C\C(C)C)C(=O)C(C)C.CC(C)/C=C/C(=O)C(C)C. The Morgan fingerprint density at radius 1 is 0.762 bits per heavy atom. The van der Waals surface area contributed by atoms with Gasteiger partial charge in [-0.3, -0.25) is 9.59 Å². The predicted octanol–water partition coefficient (Wildman–Crippen LogP) is 5.24. The van der Waals surface area contributed by atoms with Crippen molar-refractivity contribution in [3.8, 4) is 0 Å². The van der Waals surface area contributed by atoms with Crippen LogP contribution in [0.5, 0.6) is 0 Å². The van der Waals surface area contributed by atoms with Crippen molar-refractivity contribution in [1.82, 2.24) is 0 Å². The van der Waals surface area contributed by atoms with Gasteiger partial charge in [0, 0.05) is 11.8 Å². The fourth-order valence-electron chi connectivity index (χ4n) is 1.52. The molecular formula is C19H34O2. The number of ketones is 2. The Hall–Kier alpha value is -1.18. The fraction of sp³-hybridized carbons (Fsp3) is 0.684. The Bertz CT molecular complexity index is 369. The average molecular weight is 294 g/mol. The number of allylic oxidation sites excluding steroid dienone is 4. The lowest BCUT2D eigenvalue weighted by molar-refractivity contribution is -0.118. The highest BCUT2D eigenvalue weighted by molar-refractivity contribution is 5.96. The van der Waals surface area contributed by atoms with Gasteiger partial charge in [0.2, 0.25) is 0 Å². The molecule has 2 nitrogen and oxygen atoms in total. The minimum Gasteiger partial charge on any atom is -0.295 e. The molecule has 0 aromatic rings. The smallest absolute Gasteiger partial charge is 0.160 e. The van der Waals surface area contributed by atoms with E-state index in [1.54, 1.807) is 6.08 Å².